The number of carboxylic acid groups (broad SMARTS) is 1. The van der Waals surface area contributed by atoms with Crippen LogP contribution in [0.4, 0.5) is 13.2 Å². The minimum Gasteiger partial charge on any atom is -0.479 e. The van der Waals surface area contributed by atoms with Gasteiger partial charge in [-0.05, 0) is 12.5 Å². The first-order chi connectivity index (χ1) is 7.76. The summed E-state index contributed by atoms with van der Waals surface area (Å²) < 4.78 is 40.7. The SMILES string of the molecule is CC(OCC(F)(F)F)(C(=O)O)c1ccccc1. The number of halogens is 3. The van der Waals surface area contributed by atoms with E-state index in [9.17, 15) is 18.0 Å². The van der Waals surface area contributed by atoms with Crippen molar-refractivity contribution in [1.82, 2.24) is 0 Å². The van der Waals surface area contributed by atoms with E-state index in [1.807, 2.05) is 0 Å². The number of benzene rings is 1. The Morgan fingerprint density at radius 3 is 2.24 bits per heavy atom. The molecule has 0 aliphatic rings. The third-order valence-corrected chi connectivity index (χ3v) is 2.26. The van der Waals surface area contributed by atoms with E-state index in [1.165, 1.54) is 24.3 Å². The van der Waals surface area contributed by atoms with Crippen LogP contribution >= 0.6 is 0 Å². The maximum Gasteiger partial charge on any atom is 0.411 e. The molecule has 1 aromatic rings. The number of ether oxygens (including phenoxy) is 1. The summed E-state index contributed by atoms with van der Waals surface area (Å²) in [4.78, 5) is 11.0. The third-order valence-electron chi connectivity index (χ3n) is 2.26. The van der Waals surface area contributed by atoms with Gasteiger partial charge in [-0.15, -0.1) is 0 Å². The van der Waals surface area contributed by atoms with E-state index < -0.39 is 24.4 Å². The van der Waals surface area contributed by atoms with Gasteiger partial charge >= 0.3 is 12.1 Å². The van der Waals surface area contributed by atoms with E-state index in [0.717, 1.165) is 6.92 Å². The molecule has 3 nitrogen and oxygen atoms in total. The van der Waals surface area contributed by atoms with Crippen molar-refractivity contribution >= 4 is 5.97 Å². The highest BCUT2D eigenvalue weighted by atomic mass is 19.4. The van der Waals surface area contributed by atoms with Gasteiger partial charge < -0.3 is 9.84 Å². The van der Waals surface area contributed by atoms with Crippen molar-refractivity contribution in [2.24, 2.45) is 0 Å². The first-order valence-corrected chi connectivity index (χ1v) is 4.75. The maximum atomic E-state index is 12.0. The van der Waals surface area contributed by atoms with Gasteiger partial charge in [0.2, 0.25) is 0 Å². The molecule has 0 amide bonds. The third kappa shape index (κ3) is 3.45. The lowest BCUT2D eigenvalue weighted by Crippen LogP contribution is -2.38. The lowest BCUT2D eigenvalue weighted by molar-refractivity contribution is -0.212. The summed E-state index contributed by atoms with van der Waals surface area (Å²) in [6.45, 7) is -0.513. The minimum absolute atomic E-state index is 0.164. The number of aliphatic carboxylic acids is 1. The number of carboxylic acids is 1. The fourth-order valence-corrected chi connectivity index (χ4v) is 1.25. The highest BCUT2D eigenvalue weighted by Gasteiger charge is 2.40. The van der Waals surface area contributed by atoms with Crippen molar-refractivity contribution in [2.45, 2.75) is 18.7 Å². The highest BCUT2D eigenvalue weighted by Crippen LogP contribution is 2.28. The van der Waals surface area contributed by atoms with E-state index >= 15 is 0 Å². The van der Waals surface area contributed by atoms with Crippen molar-refractivity contribution in [3.63, 3.8) is 0 Å². The lowest BCUT2D eigenvalue weighted by Gasteiger charge is -2.26. The Labute approximate surface area is 95.8 Å². The van der Waals surface area contributed by atoms with Gasteiger partial charge in [-0.25, -0.2) is 4.79 Å². The van der Waals surface area contributed by atoms with Crippen LogP contribution in [0.2, 0.25) is 0 Å². The molecule has 17 heavy (non-hydrogen) atoms. The molecule has 1 unspecified atom stereocenters. The summed E-state index contributed by atoms with van der Waals surface area (Å²) in [7, 11) is 0. The van der Waals surface area contributed by atoms with E-state index in [-0.39, 0.29) is 5.56 Å². The summed E-state index contributed by atoms with van der Waals surface area (Å²) in [5, 5.41) is 8.99. The fourth-order valence-electron chi connectivity index (χ4n) is 1.25. The molecule has 6 heteroatoms. The van der Waals surface area contributed by atoms with Gasteiger partial charge in [0.05, 0.1) is 0 Å². The number of rotatable bonds is 4. The second kappa shape index (κ2) is 4.75. The Kier molecular flexibility index (Phi) is 3.77. The Morgan fingerprint density at radius 2 is 1.82 bits per heavy atom. The van der Waals surface area contributed by atoms with Gasteiger partial charge in [-0.3, -0.25) is 0 Å². The largest absolute Gasteiger partial charge is 0.479 e. The quantitative estimate of drug-likeness (QED) is 0.890. The Morgan fingerprint density at radius 1 is 1.29 bits per heavy atom. The molecule has 0 heterocycles. The monoisotopic (exact) mass is 248 g/mol. The van der Waals surface area contributed by atoms with Crippen molar-refractivity contribution in [3.8, 4) is 0 Å². The zero-order chi connectivity index (χ0) is 13.1. The predicted molar refractivity (Wildman–Crippen MR) is 53.4 cm³/mol. The lowest BCUT2D eigenvalue weighted by atomic mass is 9.96. The molecule has 1 N–H and O–H groups in total. The van der Waals surface area contributed by atoms with Crippen LogP contribution in [0, 0.1) is 0 Å². The molecule has 0 saturated carbocycles. The average molecular weight is 248 g/mol. The molecule has 0 aromatic heterocycles. The Bertz CT molecular complexity index is 389. The molecule has 0 bridgehead atoms. The first-order valence-electron chi connectivity index (χ1n) is 4.75. The smallest absolute Gasteiger partial charge is 0.411 e. The topological polar surface area (TPSA) is 46.5 Å². The van der Waals surface area contributed by atoms with Gasteiger partial charge in [0.15, 0.2) is 5.60 Å². The Hall–Kier alpha value is -1.56. The van der Waals surface area contributed by atoms with Crippen LogP contribution < -0.4 is 0 Å². The van der Waals surface area contributed by atoms with Crippen LogP contribution in [-0.4, -0.2) is 23.9 Å². The minimum atomic E-state index is -4.56. The zero-order valence-electron chi connectivity index (χ0n) is 8.99. The molecule has 0 spiro atoms. The molecular weight excluding hydrogens is 237 g/mol. The maximum absolute atomic E-state index is 12.0. The standard InChI is InChI=1S/C11H11F3O3/c1-10(9(15)16,17-7-11(12,13)14)8-5-3-2-4-6-8/h2-6H,7H2,1H3,(H,15,16). The normalized spacial score (nSPS) is 15.3. The summed E-state index contributed by atoms with van der Waals surface area (Å²) in [6.07, 6.45) is -4.56. The second-order valence-electron chi connectivity index (χ2n) is 3.61. The highest BCUT2D eigenvalue weighted by molar-refractivity contribution is 5.78. The Balaban J connectivity index is 2.95. The summed E-state index contributed by atoms with van der Waals surface area (Å²) >= 11 is 0. The van der Waals surface area contributed by atoms with Crippen LogP contribution in [-0.2, 0) is 15.1 Å². The first kappa shape index (κ1) is 13.5. The van der Waals surface area contributed by atoms with Gasteiger partial charge in [-0.2, -0.15) is 13.2 Å². The van der Waals surface area contributed by atoms with Crippen molar-refractivity contribution in [1.29, 1.82) is 0 Å². The van der Waals surface area contributed by atoms with Gasteiger partial charge in [-0.1, -0.05) is 30.3 Å². The van der Waals surface area contributed by atoms with Crippen molar-refractivity contribution in [2.75, 3.05) is 6.61 Å². The fraction of sp³-hybridized carbons (Fsp3) is 0.364. The average Bonchev–Trinajstić information content (AvgIpc) is 2.26. The van der Waals surface area contributed by atoms with Crippen LogP contribution in [0.5, 0.6) is 0 Å². The number of hydrogen-bond acceptors (Lipinski definition) is 2. The number of carbonyl (C=O) groups is 1. The van der Waals surface area contributed by atoms with E-state index in [4.69, 9.17) is 5.11 Å². The van der Waals surface area contributed by atoms with Gasteiger partial charge in [0.25, 0.3) is 0 Å². The van der Waals surface area contributed by atoms with Crippen LogP contribution in [0.25, 0.3) is 0 Å². The molecule has 0 saturated heterocycles. The summed E-state index contributed by atoms with van der Waals surface area (Å²) in [6, 6.07) is 7.52. The molecule has 0 aliphatic heterocycles. The van der Waals surface area contributed by atoms with Crippen LogP contribution in [0.1, 0.15) is 12.5 Å². The van der Waals surface area contributed by atoms with E-state index in [0.29, 0.717) is 0 Å². The van der Waals surface area contributed by atoms with Crippen molar-refractivity contribution in [3.05, 3.63) is 35.9 Å². The van der Waals surface area contributed by atoms with E-state index in [2.05, 4.69) is 4.74 Å². The molecule has 1 aromatic carbocycles. The zero-order valence-corrected chi connectivity index (χ0v) is 8.99. The van der Waals surface area contributed by atoms with Crippen LogP contribution in [0.3, 0.4) is 0 Å². The summed E-state index contributed by atoms with van der Waals surface area (Å²) in [5.41, 5.74) is -1.84. The molecule has 1 atom stereocenters. The van der Waals surface area contributed by atoms with Gasteiger partial charge in [0.1, 0.15) is 6.61 Å². The molecule has 0 aliphatic carbocycles. The number of hydrogen-bond donors (Lipinski definition) is 1. The van der Waals surface area contributed by atoms with E-state index in [1.54, 1.807) is 6.07 Å². The second-order valence-corrected chi connectivity index (χ2v) is 3.61. The molecule has 94 valence electrons. The predicted octanol–water partition coefficient (Wildman–Crippen LogP) is 2.57. The summed E-state index contributed by atoms with van der Waals surface area (Å²) in [5.74, 6) is -1.46. The number of alkyl halides is 3. The van der Waals surface area contributed by atoms with Crippen molar-refractivity contribution < 1.29 is 27.8 Å². The molecule has 0 fully saturated rings. The molecule has 1 rings (SSSR count). The molecule has 0 radical (unpaired) electrons. The van der Waals surface area contributed by atoms with Crippen LogP contribution in [0.15, 0.2) is 30.3 Å². The van der Waals surface area contributed by atoms with Gasteiger partial charge in [0, 0.05) is 0 Å². The molecular formula is C11H11F3O3.